The number of nitrogens with two attached hydrogens (primary N) is 1. The molecule has 0 amide bonds. The molecule has 1 atom stereocenters. The second kappa shape index (κ2) is 6.29. The standard InChI is InChI=1S/C16H25N3O/c1-11(2)10-14(19-8-6-18-7-9-19)15-12(3)4-5-13(17)16(15)20/h4-5,14,18,20H,1,6-10,17H2,2-3H3/t14-/m1/s1. The number of benzene rings is 1. The van der Waals surface area contributed by atoms with Crippen LogP contribution in [0.5, 0.6) is 5.75 Å². The van der Waals surface area contributed by atoms with Crippen LogP contribution in [0, 0.1) is 6.92 Å². The quantitative estimate of drug-likeness (QED) is 0.448. The van der Waals surface area contributed by atoms with Gasteiger partial charge in [-0.05, 0) is 31.9 Å². The minimum absolute atomic E-state index is 0.151. The zero-order valence-electron chi connectivity index (χ0n) is 12.4. The molecule has 0 unspecified atom stereocenters. The van der Waals surface area contributed by atoms with Gasteiger partial charge in [0.15, 0.2) is 0 Å². The number of hydrogen-bond donors (Lipinski definition) is 3. The average Bonchev–Trinajstić information content (AvgIpc) is 2.43. The molecule has 1 aliphatic rings. The van der Waals surface area contributed by atoms with Crippen LogP contribution >= 0.6 is 0 Å². The van der Waals surface area contributed by atoms with E-state index in [9.17, 15) is 5.11 Å². The lowest BCUT2D eigenvalue weighted by Crippen LogP contribution is -2.45. The first-order valence-electron chi connectivity index (χ1n) is 7.17. The average molecular weight is 275 g/mol. The summed E-state index contributed by atoms with van der Waals surface area (Å²) in [6.45, 7) is 12.0. The Balaban J connectivity index is 2.40. The van der Waals surface area contributed by atoms with Gasteiger partial charge in [0.25, 0.3) is 0 Å². The third-order valence-electron chi connectivity index (χ3n) is 3.93. The fourth-order valence-electron chi connectivity index (χ4n) is 2.88. The lowest BCUT2D eigenvalue weighted by molar-refractivity contribution is 0.169. The third kappa shape index (κ3) is 3.14. The molecule has 4 nitrogen and oxygen atoms in total. The molecule has 0 spiro atoms. The van der Waals surface area contributed by atoms with Crippen LogP contribution in [0.15, 0.2) is 24.3 Å². The minimum Gasteiger partial charge on any atom is -0.505 e. The molecular formula is C16H25N3O. The molecule has 1 aliphatic heterocycles. The maximum Gasteiger partial charge on any atom is 0.143 e. The van der Waals surface area contributed by atoms with E-state index in [2.05, 4.69) is 16.8 Å². The van der Waals surface area contributed by atoms with Gasteiger partial charge < -0.3 is 16.2 Å². The van der Waals surface area contributed by atoms with Crippen molar-refractivity contribution in [1.29, 1.82) is 0 Å². The normalized spacial score (nSPS) is 17.9. The van der Waals surface area contributed by atoms with Crippen molar-refractivity contribution in [2.45, 2.75) is 26.3 Å². The predicted molar refractivity (Wildman–Crippen MR) is 83.9 cm³/mol. The van der Waals surface area contributed by atoms with Crippen molar-refractivity contribution in [3.05, 3.63) is 35.4 Å². The first-order chi connectivity index (χ1) is 9.50. The summed E-state index contributed by atoms with van der Waals surface area (Å²) >= 11 is 0. The number of rotatable bonds is 4. The van der Waals surface area contributed by atoms with Gasteiger partial charge in [-0.1, -0.05) is 11.6 Å². The topological polar surface area (TPSA) is 61.5 Å². The molecule has 4 N–H and O–H groups in total. The molecule has 1 fully saturated rings. The SMILES string of the molecule is C=C(C)C[C@H](c1c(C)ccc(N)c1O)N1CCNCC1. The van der Waals surface area contributed by atoms with Gasteiger partial charge in [0.2, 0.25) is 0 Å². The van der Waals surface area contributed by atoms with Gasteiger partial charge in [0.05, 0.1) is 5.69 Å². The molecule has 4 heteroatoms. The van der Waals surface area contributed by atoms with Crippen LogP contribution in [0.2, 0.25) is 0 Å². The number of nitrogens with zero attached hydrogens (tertiary/aromatic N) is 1. The Morgan fingerprint density at radius 3 is 2.70 bits per heavy atom. The summed E-state index contributed by atoms with van der Waals surface area (Å²) < 4.78 is 0. The van der Waals surface area contributed by atoms with Gasteiger partial charge >= 0.3 is 0 Å². The van der Waals surface area contributed by atoms with Gasteiger partial charge in [-0.3, -0.25) is 4.90 Å². The lowest BCUT2D eigenvalue weighted by Gasteiger charge is -2.36. The molecule has 1 aromatic rings. The van der Waals surface area contributed by atoms with Gasteiger partial charge in [0, 0.05) is 37.8 Å². The van der Waals surface area contributed by atoms with Crippen molar-refractivity contribution >= 4 is 5.69 Å². The number of aromatic hydroxyl groups is 1. The molecule has 0 aromatic heterocycles. The summed E-state index contributed by atoms with van der Waals surface area (Å²) in [5, 5.41) is 13.8. The number of nitrogens with one attached hydrogen (secondary N) is 1. The highest BCUT2D eigenvalue weighted by molar-refractivity contribution is 5.59. The lowest BCUT2D eigenvalue weighted by atomic mass is 9.93. The second-order valence-electron chi connectivity index (χ2n) is 5.70. The van der Waals surface area contributed by atoms with Crippen LogP contribution in [0.3, 0.4) is 0 Å². The van der Waals surface area contributed by atoms with Crippen LogP contribution in [0.4, 0.5) is 5.69 Å². The smallest absolute Gasteiger partial charge is 0.143 e. The summed E-state index contributed by atoms with van der Waals surface area (Å²) in [5.74, 6) is 0.231. The number of nitrogen functional groups attached to an aromatic ring is 1. The maximum atomic E-state index is 10.4. The maximum absolute atomic E-state index is 10.4. The van der Waals surface area contributed by atoms with Crippen molar-refractivity contribution in [2.75, 3.05) is 31.9 Å². The van der Waals surface area contributed by atoms with E-state index in [1.165, 1.54) is 0 Å². The van der Waals surface area contributed by atoms with Crippen molar-refractivity contribution in [1.82, 2.24) is 10.2 Å². The Labute approximate surface area is 121 Å². The van der Waals surface area contributed by atoms with Crippen LogP contribution < -0.4 is 11.1 Å². The molecule has 110 valence electrons. The highest BCUT2D eigenvalue weighted by Gasteiger charge is 2.26. The van der Waals surface area contributed by atoms with Gasteiger partial charge in [-0.25, -0.2) is 0 Å². The van der Waals surface area contributed by atoms with E-state index in [1.807, 2.05) is 19.9 Å². The zero-order chi connectivity index (χ0) is 14.7. The van der Waals surface area contributed by atoms with E-state index in [1.54, 1.807) is 6.07 Å². The van der Waals surface area contributed by atoms with Crippen molar-refractivity contribution in [3.63, 3.8) is 0 Å². The van der Waals surface area contributed by atoms with E-state index in [-0.39, 0.29) is 11.8 Å². The number of aryl methyl sites for hydroxylation is 1. The molecule has 0 saturated carbocycles. The van der Waals surface area contributed by atoms with E-state index < -0.39 is 0 Å². The van der Waals surface area contributed by atoms with Crippen molar-refractivity contribution < 1.29 is 5.11 Å². The van der Waals surface area contributed by atoms with Crippen LogP contribution in [0.1, 0.15) is 30.5 Å². The monoisotopic (exact) mass is 275 g/mol. The molecule has 2 rings (SSSR count). The van der Waals surface area contributed by atoms with Crippen LogP contribution in [-0.2, 0) is 0 Å². The Bertz CT molecular complexity index is 493. The summed E-state index contributed by atoms with van der Waals surface area (Å²) in [7, 11) is 0. The number of piperazine rings is 1. The van der Waals surface area contributed by atoms with E-state index in [0.29, 0.717) is 5.69 Å². The molecule has 0 aliphatic carbocycles. The fraction of sp³-hybridized carbons (Fsp3) is 0.500. The zero-order valence-corrected chi connectivity index (χ0v) is 12.4. The molecule has 1 heterocycles. The number of phenols is 1. The van der Waals surface area contributed by atoms with E-state index in [0.717, 1.165) is 49.3 Å². The Hall–Kier alpha value is -1.52. The van der Waals surface area contributed by atoms with Gasteiger partial charge in [-0.2, -0.15) is 0 Å². The second-order valence-corrected chi connectivity index (χ2v) is 5.70. The Morgan fingerprint density at radius 1 is 1.45 bits per heavy atom. The number of phenolic OH excluding ortho intramolecular Hbond substituents is 1. The van der Waals surface area contributed by atoms with Gasteiger partial charge in [-0.15, -0.1) is 6.58 Å². The Morgan fingerprint density at radius 2 is 2.10 bits per heavy atom. The van der Waals surface area contributed by atoms with Crippen molar-refractivity contribution in [2.24, 2.45) is 0 Å². The molecule has 1 aromatic carbocycles. The third-order valence-corrected chi connectivity index (χ3v) is 3.93. The molecule has 20 heavy (non-hydrogen) atoms. The van der Waals surface area contributed by atoms with Crippen LogP contribution in [0.25, 0.3) is 0 Å². The molecule has 0 bridgehead atoms. The number of hydrogen-bond acceptors (Lipinski definition) is 4. The molecule has 1 saturated heterocycles. The first-order valence-corrected chi connectivity index (χ1v) is 7.17. The highest BCUT2D eigenvalue weighted by atomic mass is 16.3. The Kier molecular flexibility index (Phi) is 4.68. The number of anilines is 1. The highest BCUT2D eigenvalue weighted by Crippen LogP contribution is 2.38. The summed E-state index contributed by atoms with van der Waals surface area (Å²) in [4.78, 5) is 2.41. The van der Waals surface area contributed by atoms with Crippen molar-refractivity contribution in [3.8, 4) is 5.75 Å². The molecule has 0 radical (unpaired) electrons. The van der Waals surface area contributed by atoms with Crippen LogP contribution in [-0.4, -0.2) is 36.2 Å². The predicted octanol–water partition coefficient (Wildman–Crippen LogP) is 2.20. The minimum atomic E-state index is 0.151. The fourth-order valence-corrected chi connectivity index (χ4v) is 2.88. The summed E-state index contributed by atoms with van der Waals surface area (Å²) in [5.41, 5.74) is 9.49. The molecular weight excluding hydrogens is 250 g/mol. The van der Waals surface area contributed by atoms with Gasteiger partial charge in [0.1, 0.15) is 5.75 Å². The summed E-state index contributed by atoms with van der Waals surface area (Å²) in [6.07, 6.45) is 0.845. The summed E-state index contributed by atoms with van der Waals surface area (Å²) in [6, 6.07) is 3.90. The van der Waals surface area contributed by atoms with E-state index in [4.69, 9.17) is 5.73 Å². The van der Waals surface area contributed by atoms with E-state index >= 15 is 0 Å². The first kappa shape index (κ1) is 14.9. The largest absolute Gasteiger partial charge is 0.505 e.